The molecular weight excluding hydrogens is 304 g/mol. The van der Waals surface area contributed by atoms with Gasteiger partial charge in [0.25, 0.3) is 5.91 Å². The monoisotopic (exact) mass is 332 g/mol. The van der Waals surface area contributed by atoms with Crippen molar-refractivity contribution in [2.24, 2.45) is 0 Å². The standard InChI is InChI=1S/C19H28N2O3/c1-13-14(2)21(9-10-24-6)17-8-7-15(11-16(13)17)18(22)20(5)12-19(3,4)23/h7-8,11,23H,9-10,12H2,1-6H3. The Balaban J connectivity index is 2.38. The van der Waals surface area contributed by atoms with Crippen molar-refractivity contribution < 1.29 is 14.6 Å². The number of likely N-dealkylation sites (N-methyl/N-ethyl adjacent to an activating group) is 1. The van der Waals surface area contributed by atoms with E-state index in [2.05, 4.69) is 18.4 Å². The summed E-state index contributed by atoms with van der Waals surface area (Å²) in [6.07, 6.45) is 0. The van der Waals surface area contributed by atoms with Gasteiger partial charge in [-0.3, -0.25) is 4.79 Å². The maximum Gasteiger partial charge on any atom is 0.253 e. The Morgan fingerprint density at radius 2 is 2.00 bits per heavy atom. The Hall–Kier alpha value is -1.85. The molecule has 0 spiro atoms. The Labute approximate surface area is 143 Å². The number of amides is 1. The summed E-state index contributed by atoms with van der Waals surface area (Å²) in [5.74, 6) is -0.0827. The number of benzene rings is 1. The largest absolute Gasteiger partial charge is 0.389 e. The maximum absolute atomic E-state index is 12.6. The van der Waals surface area contributed by atoms with Crippen molar-refractivity contribution in [3.05, 3.63) is 35.0 Å². The van der Waals surface area contributed by atoms with Gasteiger partial charge in [0.15, 0.2) is 0 Å². The summed E-state index contributed by atoms with van der Waals surface area (Å²) in [7, 11) is 3.41. The van der Waals surface area contributed by atoms with Crippen LogP contribution in [0.4, 0.5) is 0 Å². The number of hydrogen-bond donors (Lipinski definition) is 1. The van der Waals surface area contributed by atoms with Crippen LogP contribution in [0.25, 0.3) is 10.9 Å². The number of aromatic nitrogens is 1. The molecule has 5 nitrogen and oxygen atoms in total. The molecule has 0 aliphatic heterocycles. The van der Waals surface area contributed by atoms with Crippen molar-refractivity contribution in [2.45, 2.75) is 39.8 Å². The first kappa shape index (κ1) is 18.5. The molecule has 5 heteroatoms. The fraction of sp³-hybridized carbons (Fsp3) is 0.526. The van der Waals surface area contributed by atoms with E-state index in [1.165, 1.54) is 11.3 Å². The summed E-state index contributed by atoms with van der Waals surface area (Å²) in [6.45, 7) is 9.30. The maximum atomic E-state index is 12.6. The average molecular weight is 332 g/mol. The number of fused-ring (bicyclic) bond motifs is 1. The third-order valence-corrected chi connectivity index (χ3v) is 4.38. The second-order valence-electron chi connectivity index (χ2n) is 7.06. The zero-order chi connectivity index (χ0) is 18.1. The molecule has 1 aromatic carbocycles. The highest BCUT2D eigenvalue weighted by molar-refractivity contribution is 5.99. The zero-order valence-electron chi connectivity index (χ0n) is 15.5. The Morgan fingerprint density at radius 1 is 1.33 bits per heavy atom. The summed E-state index contributed by atoms with van der Waals surface area (Å²) < 4.78 is 7.42. The van der Waals surface area contributed by atoms with Crippen LogP contribution in [0, 0.1) is 13.8 Å². The van der Waals surface area contributed by atoms with E-state index < -0.39 is 5.60 Å². The lowest BCUT2D eigenvalue weighted by Crippen LogP contribution is -2.39. The van der Waals surface area contributed by atoms with E-state index in [1.807, 2.05) is 18.2 Å². The van der Waals surface area contributed by atoms with Crippen molar-refractivity contribution in [1.29, 1.82) is 0 Å². The van der Waals surface area contributed by atoms with Crippen LogP contribution >= 0.6 is 0 Å². The first-order chi connectivity index (χ1) is 11.2. The zero-order valence-corrected chi connectivity index (χ0v) is 15.5. The lowest BCUT2D eigenvalue weighted by molar-refractivity contribution is 0.0368. The molecule has 0 aliphatic rings. The molecule has 0 saturated carbocycles. The van der Waals surface area contributed by atoms with Gasteiger partial charge in [0, 0.05) is 49.4 Å². The Kier molecular flexibility index (Phi) is 5.35. The van der Waals surface area contributed by atoms with E-state index >= 15 is 0 Å². The fourth-order valence-electron chi connectivity index (χ4n) is 3.13. The minimum atomic E-state index is -0.912. The second kappa shape index (κ2) is 6.95. The van der Waals surface area contributed by atoms with Crippen LogP contribution in [0.5, 0.6) is 0 Å². The average Bonchev–Trinajstić information content (AvgIpc) is 2.74. The molecule has 0 fully saturated rings. The number of methoxy groups -OCH3 is 1. The quantitative estimate of drug-likeness (QED) is 0.885. The highest BCUT2D eigenvalue weighted by Crippen LogP contribution is 2.26. The summed E-state index contributed by atoms with van der Waals surface area (Å²) in [5, 5.41) is 11.0. The van der Waals surface area contributed by atoms with Gasteiger partial charge in [0.05, 0.1) is 12.2 Å². The van der Waals surface area contributed by atoms with E-state index in [4.69, 9.17) is 4.74 Å². The van der Waals surface area contributed by atoms with Gasteiger partial charge in [-0.25, -0.2) is 0 Å². The van der Waals surface area contributed by atoms with Gasteiger partial charge in [-0.05, 0) is 51.5 Å². The molecule has 0 atom stereocenters. The predicted molar refractivity (Wildman–Crippen MR) is 96.5 cm³/mol. The van der Waals surface area contributed by atoms with Crippen LogP contribution in [0.15, 0.2) is 18.2 Å². The van der Waals surface area contributed by atoms with Crippen LogP contribution in [-0.4, -0.2) is 53.4 Å². The molecule has 1 N–H and O–H groups in total. The summed E-state index contributed by atoms with van der Waals surface area (Å²) in [4.78, 5) is 14.2. The molecule has 0 bridgehead atoms. The summed E-state index contributed by atoms with van der Waals surface area (Å²) in [5.41, 5.74) is 3.21. The normalized spacial score (nSPS) is 12.0. The van der Waals surface area contributed by atoms with E-state index in [0.29, 0.717) is 12.2 Å². The van der Waals surface area contributed by atoms with Gasteiger partial charge in [0.2, 0.25) is 0 Å². The van der Waals surface area contributed by atoms with Crippen LogP contribution < -0.4 is 0 Å². The third-order valence-electron chi connectivity index (χ3n) is 4.38. The summed E-state index contributed by atoms with van der Waals surface area (Å²) >= 11 is 0. The van der Waals surface area contributed by atoms with Gasteiger partial charge in [0.1, 0.15) is 0 Å². The lowest BCUT2D eigenvalue weighted by atomic mass is 10.1. The molecular formula is C19H28N2O3. The minimum Gasteiger partial charge on any atom is -0.389 e. The van der Waals surface area contributed by atoms with Crippen molar-refractivity contribution in [2.75, 3.05) is 27.3 Å². The minimum absolute atomic E-state index is 0.0827. The van der Waals surface area contributed by atoms with Gasteiger partial charge in [-0.15, -0.1) is 0 Å². The number of aryl methyl sites for hydroxylation is 1. The molecule has 132 valence electrons. The SMILES string of the molecule is COCCn1c(C)c(C)c2cc(C(=O)N(C)CC(C)(C)O)ccc21. The molecule has 1 aromatic heterocycles. The van der Waals surface area contributed by atoms with Crippen LogP contribution in [0.1, 0.15) is 35.5 Å². The molecule has 0 saturated heterocycles. The Bertz CT molecular complexity index is 741. The van der Waals surface area contributed by atoms with Gasteiger partial charge in [-0.1, -0.05) is 0 Å². The lowest BCUT2D eigenvalue weighted by Gasteiger charge is -2.25. The highest BCUT2D eigenvalue weighted by Gasteiger charge is 2.21. The van der Waals surface area contributed by atoms with Crippen molar-refractivity contribution in [1.82, 2.24) is 9.47 Å². The van der Waals surface area contributed by atoms with E-state index in [1.54, 1.807) is 32.9 Å². The van der Waals surface area contributed by atoms with Crippen LogP contribution in [0.2, 0.25) is 0 Å². The first-order valence-corrected chi connectivity index (χ1v) is 8.22. The molecule has 1 amide bonds. The van der Waals surface area contributed by atoms with E-state index in [9.17, 15) is 9.90 Å². The number of carbonyl (C=O) groups is 1. The van der Waals surface area contributed by atoms with Crippen LogP contribution in [-0.2, 0) is 11.3 Å². The van der Waals surface area contributed by atoms with Crippen LogP contribution in [0.3, 0.4) is 0 Å². The van der Waals surface area contributed by atoms with Gasteiger partial charge in [-0.2, -0.15) is 0 Å². The van der Waals surface area contributed by atoms with E-state index in [-0.39, 0.29) is 12.5 Å². The first-order valence-electron chi connectivity index (χ1n) is 8.22. The molecule has 0 unspecified atom stereocenters. The number of aliphatic hydroxyl groups is 1. The van der Waals surface area contributed by atoms with Gasteiger partial charge >= 0.3 is 0 Å². The predicted octanol–water partition coefficient (Wildman–Crippen LogP) is 2.75. The highest BCUT2D eigenvalue weighted by atomic mass is 16.5. The molecule has 0 aliphatic carbocycles. The molecule has 1 heterocycles. The third kappa shape index (κ3) is 3.79. The molecule has 2 aromatic rings. The van der Waals surface area contributed by atoms with Crippen molar-refractivity contribution in [3.63, 3.8) is 0 Å². The van der Waals surface area contributed by atoms with E-state index in [0.717, 1.165) is 17.4 Å². The topological polar surface area (TPSA) is 54.7 Å². The Morgan fingerprint density at radius 3 is 2.58 bits per heavy atom. The van der Waals surface area contributed by atoms with Crippen molar-refractivity contribution >= 4 is 16.8 Å². The fourth-order valence-corrected chi connectivity index (χ4v) is 3.13. The number of rotatable bonds is 6. The number of ether oxygens (including phenoxy) is 1. The molecule has 2 rings (SSSR count). The number of hydrogen-bond acceptors (Lipinski definition) is 3. The van der Waals surface area contributed by atoms with Crippen molar-refractivity contribution in [3.8, 4) is 0 Å². The molecule has 24 heavy (non-hydrogen) atoms. The smallest absolute Gasteiger partial charge is 0.253 e. The molecule has 0 radical (unpaired) electrons. The summed E-state index contributed by atoms with van der Waals surface area (Å²) in [6, 6.07) is 5.80. The number of nitrogens with zero attached hydrogens (tertiary/aromatic N) is 2. The second-order valence-corrected chi connectivity index (χ2v) is 7.06. The number of carbonyl (C=O) groups excluding carboxylic acids is 1. The van der Waals surface area contributed by atoms with Gasteiger partial charge < -0.3 is 19.3 Å².